The molecule has 1 aliphatic heterocycles. The minimum absolute atomic E-state index is 0. The van der Waals surface area contributed by atoms with E-state index in [1.807, 2.05) is 0 Å². The van der Waals surface area contributed by atoms with E-state index in [0.29, 0.717) is 13.1 Å². The van der Waals surface area contributed by atoms with E-state index in [9.17, 15) is 14.4 Å². The lowest BCUT2D eigenvalue weighted by atomic mass is 9.96. The zero-order valence-corrected chi connectivity index (χ0v) is 13.5. The van der Waals surface area contributed by atoms with Crippen molar-refractivity contribution in [2.75, 3.05) is 33.7 Å². The molecule has 4 amide bonds. The Balaban J connectivity index is 0.00000220. The van der Waals surface area contributed by atoms with Gasteiger partial charge in [0.15, 0.2) is 0 Å². The van der Waals surface area contributed by atoms with Gasteiger partial charge in [0.1, 0.15) is 12.1 Å². The van der Waals surface area contributed by atoms with Crippen LogP contribution in [0.4, 0.5) is 4.79 Å². The highest BCUT2D eigenvalue weighted by molar-refractivity contribution is 6.09. The van der Waals surface area contributed by atoms with E-state index in [4.69, 9.17) is 0 Å². The number of nitrogens with one attached hydrogen (secondary N) is 2. The number of halogens is 1. The van der Waals surface area contributed by atoms with E-state index in [2.05, 4.69) is 10.6 Å². The number of nitrogens with zero attached hydrogens (tertiary/aromatic N) is 2. The molecule has 1 heterocycles. The molecule has 2 fully saturated rings. The number of likely N-dealkylation sites (N-methyl/N-ethyl adjacent to an activating group) is 2. The van der Waals surface area contributed by atoms with E-state index >= 15 is 0 Å². The summed E-state index contributed by atoms with van der Waals surface area (Å²) in [6.45, 7) is 2.77. The van der Waals surface area contributed by atoms with Crippen LogP contribution in [0.5, 0.6) is 0 Å². The van der Waals surface area contributed by atoms with Crippen LogP contribution in [0, 0.1) is 5.92 Å². The van der Waals surface area contributed by atoms with E-state index in [0.717, 1.165) is 17.7 Å². The van der Waals surface area contributed by atoms with Crippen LogP contribution in [0.15, 0.2) is 0 Å². The summed E-state index contributed by atoms with van der Waals surface area (Å²) in [4.78, 5) is 38.8. The molecule has 1 saturated carbocycles. The van der Waals surface area contributed by atoms with Gasteiger partial charge in [-0.2, -0.15) is 0 Å². The van der Waals surface area contributed by atoms with Crippen molar-refractivity contribution in [3.8, 4) is 0 Å². The predicted octanol–water partition coefficient (Wildman–Crippen LogP) is -0.193. The maximum atomic E-state index is 12.4. The van der Waals surface area contributed by atoms with Gasteiger partial charge in [-0.3, -0.25) is 14.5 Å². The average Bonchev–Trinajstić information content (AvgIpc) is 3.22. The molecule has 2 aliphatic rings. The van der Waals surface area contributed by atoms with Crippen molar-refractivity contribution in [2.45, 2.75) is 25.3 Å². The quantitative estimate of drug-likeness (QED) is 0.665. The fourth-order valence-electron chi connectivity index (χ4n) is 2.46. The Bertz CT molecular complexity index is 441. The standard InChI is InChI=1S/C13H22N4O3.ClH/c1-13(9-4-5-9)11(19)17(12(20)15-13)8-10(18)16(3)7-6-14-2;/h9,14H,4-8H2,1-3H3,(H,15,20);1H. The second-order valence-corrected chi connectivity index (χ2v) is 5.72. The smallest absolute Gasteiger partial charge is 0.325 e. The fraction of sp³-hybridized carbons (Fsp3) is 0.769. The molecule has 0 aromatic heterocycles. The number of urea groups is 1. The lowest BCUT2D eigenvalue weighted by molar-refractivity contribution is -0.138. The van der Waals surface area contributed by atoms with Crippen LogP contribution in [0.1, 0.15) is 19.8 Å². The molecular weight excluding hydrogens is 296 g/mol. The lowest BCUT2D eigenvalue weighted by Gasteiger charge is -2.22. The molecular formula is C13H23ClN4O3. The summed E-state index contributed by atoms with van der Waals surface area (Å²) in [5.74, 6) is -0.301. The van der Waals surface area contributed by atoms with Crippen molar-refractivity contribution >= 4 is 30.3 Å². The summed E-state index contributed by atoms with van der Waals surface area (Å²) >= 11 is 0. The monoisotopic (exact) mass is 318 g/mol. The number of rotatable bonds is 6. The van der Waals surface area contributed by atoms with Gasteiger partial charge in [-0.15, -0.1) is 12.4 Å². The third kappa shape index (κ3) is 3.47. The molecule has 0 radical (unpaired) electrons. The van der Waals surface area contributed by atoms with Gasteiger partial charge in [0.25, 0.3) is 5.91 Å². The number of carbonyl (C=O) groups excluding carboxylic acids is 3. The molecule has 0 spiro atoms. The maximum absolute atomic E-state index is 12.4. The highest BCUT2D eigenvalue weighted by Gasteiger charge is 2.56. The Labute approximate surface area is 130 Å². The molecule has 120 valence electrons. The Kier molecular flexibility index (Phi) is 5.58. The Morgan fingerprint density at radius 1 is 1.48 bits per heavy atom. The molecule has 1 saturated heterocycles. The molecule has 0 aromatic rings. The molecule has 0 aromatic carbocycles. The third-order valence-electron chi connectivity index (χ3n) is 4.11. The number of hydrogen-bond acceptors (Lipinski definition) is 4. The first kappa shape index (κ1) is 17.7. The molecule has 1 aliphatic carbocycles. The molecule has 1 unspecified atom stereocenters. The van der Waals surface area contributed by atoms with Crippen molar-refractivity contribution in [3.05, 3.63) is 0 Å². The van der Waals surface area contributed by atoms with Crippen LogP contribution in [0.2, 0.25) is 0 Å². The summed E-state index contributed by atoms with van der Waals surface area (Å²) in [6, 6.07) is -0.459. The first-order valence-electron chi connectivity index (χ1n) is 6.93. The summed E-state index contributed by atoms with van der Waals surface area (Å²) in [6.07, 6.45) is 1.90. The largest absolute Gasteiger partial charge is 0.343 e. The Morgan fingerprint density at radius 2 is 2.10 bits per heavy atom. The second kappa shape index (κ2) is 6.62. The van der Waals surface area contributed by atoms with E-state index in [-0.39, 0.29) is 36.7 Å². The molecule has 2 rings (SSSR count). The molecule has 7 nitrogen and oxygen atoms in total. The van der Waals surface area contributed by atoms with Crippen LogP contribution in [-0.4, -0.2) is 66.9 Å². The SMILES string of the molecule is CNCCN(C)C(=O)CN1C(=O)NC(C)(C2CC2)C1=O.Cl. The van der Waals surface area contributed by atoms with E-state index in [1.54, 1.807) is 21.0 Å². The topological polar surface area (TPSA) is 81.8 Å². The van der Waals surface area contributed by atoms with Crippen molar-refractivity contribution in [1.82, 2.24) is 20.4 Å². The van der Waals surface area contributed by atoms with Gasteiger partial charge in [-0.1, -0.05) is 0 Å². The molecule has 2 N–H and O–H groups in total. The van der Waals surface area contributed by atoms with E-state index < -0.39 is 11.6 Å². The van der Waals surface area contributed by atoms with Crippen molar-refractivity contribution in [1.29, 1.82) is 0 Å². The fourth-order valence-corrected chi connectivity index (χ4v) is 2.46. The zero-order valence-electron chi connectivity index (χ0n) is 12.6. The molecule has 0 bridgehead atoms. The van der Waals surface area contributed by atoms with Crippen LogP contribution in [0.3, 0.4) is 0 Å². The van der Waals surface area contributed by atoms with Gasteiger partial charge in [-0.05, 0) is 32.7 Å². The van der Waals surface area contributed by atoms with Gasteiger partial charge in [0.2, 0.25) is 5.91 Å². The van der Waals surface area contributed by atoms with Crippen molar-refractivity contribution in [3.63, 3.8) is 0 Å². The van der Waals surface area contributed by atoms with Gasteiger partial charge in [-0.25, -0.2) is 4.79 Å². The van der Waals surface area contributed by atoms with Crippen LogP contribution in [-0.2, 0) is 9.59 Å². The lowest BCUT2D eigenvalue weighted by Crippen LogP contribution is -2.47. The van der Waals surface area contributed by atoms with Crippen LogP contribution in [0.25, 0.3) is 0 Å². The minimum Gasteiger partial charge on any atom is -0.343 e. The normalized spacial score (nSPS) is 24.6. The van der Waals surface area contributed by atoms with Crippen molar-refractivity contribution in [2.24, 2.45) is 5.92 Å². The highest BCUT2D eigenvalue weighted by atomic mass is 35.5. The molecule has 21 heavy (non-hydrogen) atoms. The van der Waals surface area contributed by atoms with Crippen LogP contribution < -0.4 is 10.6 Å². The van der Waals surface area contributed by atoms with Gasteiger partial charge >= 0.3 is 6.03 Å². The summed E-state index contributed by atoms with van der Waals surface area (Å²) in [5, 5.41) is 5.68. The molecule has 1 atom stereocenters. The number of hydrogen-bond donors (Lipinski definition) is 2. The van der Waals surface area contributed by atoms with Gasteiger partial charge < -0.3 is 15.5 Å². The number of carbonyl (C=O) groups is 3. The number of imide groups is 1. The summed E-state index contributed by atoms with van der Waals surface area (Å²) in [7, 11) is 3.47. The Morgan fingerprint density at radius 3 is 2.62 bits per heavy atom. The minimum atomic E-state index is -0.819. The van der Waals surface area contributed by atoms with Gasteiger partial charge in [0, 0.05) is 20.1 Å². The van der Waals surface area contributed by atoms with Gasteiger partial charge in [0.05, 0.1) is 0 Å². The number of amides is 4. The van der Waals surface area contributed by atoms with E-state index in [1.165, 1.54) is 4.90 Å². The predicted molar refractivity (Wildman–Crippen MR) is 80.2 cm³/mol. The second-order valence-electron chi connectivity index (χ2n) is 5.72. The van der Waals surface area contributed by atoms with Crippen LogP contribution >= 0.6 is 12.4 Å². The van der Waals surface area contributed by atoms with Crippen molar-refractivity contribution < 1.29 is 14.4 Å². The third-order valence-corrected chi connectivity index (χ3v) is 4.11. The first-order valence-corrected chi connectivity index (χ1v) is 6.93. The highest BCUT2D eigenvalue weighted by Crippen LogP contribution is 2.42. The Hall–Kier alpha value is -1.34. The molecule has 8 heteroatoms. The maximum Gasteiger partial charge on any atom is 0.325 e. The average molecular weight is 319 g/mol. The zero-order chi connectivity index (χ0) is 14.9. The summed E-state index contributed by atoms with van der Waals surface area (Å²) < 4.78 is 0. The first-order chi connectivity index (χ1) is 9.40. The summed E-state index contributed by atoms with van der Waals surface area (Å²) in [5.41, 5.74) is -0.819.